The van der Waals surface area contributed by atoms with Gasteiger partial charge < -0.3 is 9.64 Å². The maximum atomic E-state index is 12.1. The van der Waals surface area contributed by atoms with Crippen LogP contribution in [0.5, 0.6) is 0 Å². The third-order valence-electron chi connectivity index (χ3n) is 3.54. The number of carbonyl (C=O) groups is 2. The van der Waals surface area contributed by atoms with Crippen molar-refractivity contribution in [3.63, 3.8) is 0 Å². The fourth-order valence-electron chi connectivity index (χ4n) is 2.69. The molecule has 2 heterocycles. The average Bonchev–Trinajstić information content (AvgIpc) is 2.59. The Morgan fingerprint density at radius 1 is 1.22 bits per heavy atom. The summed E-state index contributed by atoms with van der Waals surface area (Å²) in [6.45, 7) is 9.33. The van der Waals surface area contributed by atoms with Crippen LogP contribution in [0.3, 0.4) is 0 Å². The van der Waals surface area contributed by atoms with Crippen molar-refractivity contribution in [1.29, 1.82) is 0 Å². The molecule has 2 saturated heterocycles. The number of hydrogen-bond donors (Lipinski definition) is 0. The first kappa shape index (κ1) is 13.3. The van der Waals surface area contributed by atoms with Crippen molar-refractivity contribution < 1.29 is 14.3 Å². The van der Waals surface area contributed by atoms with Crippen molar-refractivity contribution in [3.05, 3.63) is 0 Å². The fourth-order valence-corrected chi connectivity index (χ4v) is 2.69. The summed E-state index contributed by atoms with van der Waals surface area (Å²) in [5.41, 5.74) is -0.488. The molecule has 2 aliphatic rings. The van der Waals surface area contributed by atoms with Crippen LogP contribution >= 0.6 is 0 Å². The molecule has 2 aliphatic heterocycles. The summed E-state index contributed by atoms with van der Waals surface area (Å²) in [6.07, 6.45) is 0.642. The Bertz CT molecular complexity index is 362. The second-order valence-corrected chi connectivity index (χ2v) is 6.20. The molecule has 2 bridgehead atoms. The van der Waals surface area contributed by atoms with Crippen LogP contribution in [0.4, 0.5) is 4.79 Å². The lowest BCUT2D eigenvalue weighted by Crippen LogP contribution is -2.57. The van der Waals surface area contributed by atoms with Gasteiger partial charge in [0.15, 0.2) is 0 Å². The van der Waals surface area contributed by atoms with Gasteiger partial charge in [0.2, 0.25) is 0 Å². The minimum atomic E-state index is -0.488. The molecule has 5 nitrogen and oxygen atoms in total. The molecular formula is C13H22N2O3. The zero-order chi connectivity index (χ0) is 13.5. The van der Waals surface area contributed by atoms with Gasteiger partial charge >= 0.3 is 6.09 Å². The van der Waals surface area contributed by atoms with Gasteiger partial charge in [0.1, 0.15) is 11.4 Å². The molecule has 0 spiro atoms. The van der Waals surface area contributed by atoms with E-state index in [2.05, 4.69) is 4.90 Å². The second kappa shape index (κ2) is 4.53. The lowest BCUT2D eigenvalue weighted by Gasteiger charge is -2.39. The van der Waals surface area contributed by atoms with Crippen molar-refractivity contribution in [3.8, 4) is 0 Å². The molecule has 0 aromatic heterocycles. The molecule has 2 rings (SSSR count). The van der Waals surface area contributed by atoms with E-state index in [1.807, 2.05) is 20.8 Å². The van der Waals surface area contributed by atoms with Crippen molar-refractivity contribution >= 4 is 11.9 Å². The molecule has 3 atom stereocenters. The highest BCUT2D eigenvalue weighted by molar-refractivity contribution is 5.83. The first-order valence-corrected chi connectivity index (χ1v) is 6.52. The van der Waals surface area contributed by atoms with E-state index in [1.165, 1.54) is 0 Å². The standard InChI is InChI=1S/C13H22N2O3/c1-9(16)11-8-15(10-5-6-14(11)7-10)12(17)18-13(2,3)4/h10-11H,5-8H2,1-4H3. The van der Waals surface area contributed by atoms with E-state index in [1.54, 1.807) is 11.8 Å². The van der Waals surface area contributed by atoms with Crippen molar-refractivity contribution in [2.75, 3.05) is 19.6 Å². The quantitative estimate of drug-likeness (QED) is 0.707. The number of rotatable bonds is 1. The summed E-state index contributed by atoms with van der Waals surface area (Å²) in [4.78, 5) is 27.7. The summed E-state index contributed by atoms with van der Waals surface area (Å²) in [5, 5.41) is 0. The van der Waals surface area contributed by atoms with Gasteiger partial charge in [-0.25, -0.2) is 4.79 Å². The summed E-state index contributed by atoms with van der Waals surface area (Å²) >= 11 is 0. The molecule has 5 heteroatoms. The maximum Gasteiger partial charge on any atom is 0.410 e. The van der Waals surface area contributed by atoms with Gasteiger partial charge in [-0.15, -0.1) is 0 Å². The van der Waals surface area contributed by atoms with E-state index >= 15 is 0 Å². The van der Waals surface area contributed by atoms with E-state index in [0.29, 0.717) is 6.54 Å². The number of Topliss-reactive ketones (excluding diaryl/α,β-unsaturated/α-hetero) is 1. The lowest BCUT2D eigenvalue weighted by atomic mass is 10.1. The predicted octanol–water partition coefficient (Wildman–Crippen LogP) is 1.27. The van der Waals surface area contributed by atoms with Gasteiger partial charge in [-0.1, -0.05) is 0 Å². The molecule has 0 aromatic carbocycles. The molecule has 2 fully saturated rings. The predicted molar refractivity (Wildman–Crippen MR) is 67.4 cm³/mol. The Hall–Kier alpha value is -1.10. The molecule has 1 amide bonds. The summed E-state index contributed by atoms with van der Waals surface area (Å²) in [6, 6.07) is 0.0479. The van der Waals surface area contributed by atoms with Crippen molar-refractivity contribution in [1.82, 2.24) is 9.80 Å². The average molecular weight is 254 g/mol. The monoisotopic (exact) mass is 254 g/mol. The Kier molecular flexibility index (Phi) is 3.36. The summed E-state index contributed by atoms with van der Waals surface area (Å²) in [7, 11) is 0. The van der Waals surface area contributed by atoms with E-state index in [9.17, 15) is 9.59 Å². The fraction of sp³-hybridized carbons (Fsp3) is 0.846. The number of piperazine rings is 1. The van der Waals surface area contributed by atoms with Crippen LogP contribution in [0.15, 0.2) is 0 Å². The van der Waals surface area contributed by atoms with Gasteiger partial charge in [0.25, 0.3) is 0 Å². The maximum absolute atomic E-state index is 12.1. The lowest BCUT2D eigenvalue weighted by molar-refractivity contribution is -0.123. The normalized spacial score (nSPS) is 31.3. The van der Waals surface area contributed by atoms with Crippen LogP contribution < -0.4 is 0 Å². The molecule has 102 valence electrons. The Labute approximate surface area is 108 Å². The van der Waals surface area contributed by atoms with E-state index in [0.717, 1.165) is 19.5 Å². The number of hydrogen-bond acceptors (Lipinski definition) is 4. The zero-order valence-electron chi connectivity index (χ0n) is 11.6. The molecule has 0 aromatic rings. The summed E-state index contributed by atoms with van der Waals surface area (Å²) < 4.78 is 5.41. The molecule has 18 heavy (non-hydrogen) atoms. The van der Waals surface area contributed by atoms with E-state index in [-0.39, 0.29) is 24.0 Å². The van der Waals surface area contributed by atoms with Crippen LogP contribution in [0, 0.1) is 0 Å². The molecule has 0 radical (unpaired) electrons. The van der Waals surface area contributed by atoms with Crippen LogP contribution in [0.1, 0.15) is 34.1 Å². The highest BCUT2D eigenvalue weighted by atomic mass is 16.6. The third kappa shape index (κ3) is 2.66. The van der Waals surface area contributed by atoms with Gasteiger partial charge in [0.05, 0.1) is 6.04 Å². The first-order valence-electron chi connectivity index (χ1n) is 6.52. The minimum Gasteiger partial charge on any atom is -0.444 e. The third-order valence-corrected chi connectivity index (χ3v) is 3.54. The van der Waals surface area contributed by atoms with E-state index in [4.69, 9.17) is 4.74 Å². The Morgan fingerprint density at radius 2 is 1.89 bits per heavy atom. The largest absolute Gasteiger partial charge is 0.444 e. The second-order valence-electron chi connectivity index (χ2n) is 6.20. The number of ether oxygens (including phenoxy) is 1. The van der Waals surface area contributed by atoms with Crippen LogP contribution in [0.25, 0.3) is 0 Å². The van der Waals surface area contributed by atoms with Gasteiger partial charge in [0, 0.05) is 25.7 Å². The highest BCUT2D eigenvalue weighted by Crippen LogP contribution is 2.26. The van der Waals surface area contributed by atoms with Crippen LogP contribution in [0.2, 0.25) is 0 Å². The first-order chi connectivity index (χ1) is 8.28. The molecule has 0 saturated carbocycles. The topological polar surface area (TPSA) is 49.9 Å². The van der Waals surface area contributed by atoms with Gasteiger partial charge in [-0.3, -0.25) is 9.69 Å². The molecule has 0 N–H and O–H groups in total. The SMILES string of the molecule is CC(=O)C1CN(C(=O)OC(C)(C)C)C2CCN1C2. The minimum absolute atomic E-state index is 0.129. The van der Waals surface area contributed by atoms with Crippen LogP contribution in [-0.2, 0) is 9.53 Å². The van der Waals surface area contributed by atoms with Crippen molar-refractivity contribution in [2.24, 2.45) is 0 Å². The number of nitrogens with zero attached hydrogens (tertiary/aromatic N) is 2. The molecule has 3 unspecified atom stereocenters. The molecular weight excluding hydrogens is 232 g/mol. The Morgan fingerprint density at radius 3 is 2.44 bits per heavy atom. The molecule has 0 aliphatic carbocycles. The number of fused-ring (bicyclic) bond motifs is 2. The van der Waals surface area contributed by atoms with Gasteiger partial charge in [-0.2, -0.15) is 0 Å². The highest BCUT2D eigenvalue weighted by Gasteiger charge is 2.43. The summed E-state index contributed by atoms with van der Waals surface area (Å²) in [5.74, 6) is 0.129. The van der Waals surface area contributed by atoms with Gasteiger partial charge in [-0.05, 0) is 34.1 Å². The number of amides is 1. The van der Waals surface area contributed by atoms with Crippen molar-refractivity contribution in [2.45, 2.75) is 51.8 Å². The van der Waals surface area contributed by atoms with Crippen LogP contribution in [-0.4, -0.2) is 59.0 Å². The van der Waals surface area contributed by atoms with E-state index < -0.39 is 5.60 Å². The number of ketones is 1. The number of carbonyl (C=O) groups excluding carboxylic acids is 2. The Balaban J connectivity index is 2.08. The smallest absolute Gasteiger partial charge is 0.410 e. The zero-order valence-corrected chi connectivity index (χ0v) is 11.6.